The molecule has 1 aliphatic heterocycles. The number of ether oxygens (including phenoxy) is 1. The molecule has 0 bridgehead atoms. The number of benzene rings is 2. The number of halogens is 1. The van der Waals surface area contributed by atoms with Crippen molar-refractivity contribution in [1.29, 1.82) is 0 Å². The predicted molar refractivity (Wildman–Crippen MR) is 116 cm³/mol. The van der Waals surface area contributed by atoms with Crippen molar-refractivity contribution in [2.75, 3.05) is 26.3 Å². The molecule has 9 heteroatoms. The molecule has 1 aliphatic rings. The van der Waals surface area contributed by atoms with Crippen LogP contribution >= 0.6 is 0 Å². The molecule has 32 heavy (non-hydrogen) atoms. The van der Waals surface area contributed by atoms with Gasteiger partial charge in [-0.2, -0.15) is 4.99 Å². The zero-order chi connectivity index (χ0) is 22.7. The number of aliphatic imine (C=N–C) groups is 1. The van der Waals surface area contributed by atoms with Crippen LogP contribution in [0.1, 0.15) is 34.5 Å². The zero-order valence-electron chi connectivity index (χ0n) is 17.5. The molecule has 0 radical (unpaired) electrons. The average Bonchev–Trinajstić information content (AvgIpc) is 3.23. The molecule has 0 amide bonds. The van der Waals surface area contributed by atoms with E-state index in [0.29, 0.717) is 37.4 Å². The van der Waals surface area contributed by atoms with Gasteiger partial charge in [-0.25, -0.2) is 9.18 Å². The highest BCUT2D eigenvalue weighted by Gasteiger charge is 2.28. The number of aromatic nitrogens is 1. The minimum atomic E-state index is -1.25. The lowest BCUT2D eigenvalue weighted by molar-refractivity contribution is 0.0673. The Kier molecular flexibility index (Phi) is 6.18. The second-order valence-corrected chi connectivity index (χ2v) is 7.45. The maximum absolute atomic E-state index is 14.8. The van der Waals surface area contributed by atoms with E-state index in [0.717, 1.165) is 5.56 Å². The first-order valence-electron chi connectivity index (χ1n) is 10.2. The number of carboxylic acids is 1. The number of hydrogen-bond donors (Lipinski definition) is 2. The molecule has 0 saturated carbocycles. The van der Waals surface area contributed by atoms with Gasteiger partial charge in [0, 0.05) is 24.6 Å². The van der Waals surface area contributed by atoms with E-state index in [4.69, 9.17) is 15.0 Å². The van der Waals surface area contributed by atoms with Crippen LogP contribution in [0.4, 0.5) is 10.3 Å². The van der Waals surface area contributed by atoms with Crippen molar-refractivity contribution in [1.82, 2.24) is 10.1 Å². The summed E-state index contributed by atoms with van der Waals surface area (Å²) in [6.07, 6.45) is 0. The number of aromatic carboxylic acids is 1. The van der Waals surface area contributed by atoms with Gasteiger partial charge in [0.25, 0.3) is 5.88 Å². The number of carboxylic acid groups (broad SMARTS) is 1. The molecule has 1 atom stereocenters. The summed E-state index contributed by atoms with van der Waals surface area (Å²) >= 11 is 0. The first-order chi connectivity index (χ1) is 15.5. The number of morpholine rings is 1. The van der Waals surface area contributed by atoms with E-state index >= 15 is 0 Å². The van der Waals surface area contributed by atoms with Crippen molar-refractivity contribution >= 4 is 17.8 Å². The minimum Gasteiger partial charge on any atom is -0.477 e. The smallest absolute Gasteiger partial charge is 0.343 e. The fourth-order valence-corrected chi connectivity index (χ4v) is 3.64. The quantitative estimate of drug-likeness (QED) is 0.462. The van der Waals surface area contributed by atoms with Gasteiger partial charge < -0.3 is 25.0 Å². The van der Waals surface area contributed by atoms with Gasteiger partial charge in [-0.15, -0.1) is 0 Å². The van der Waals surface area contributed by atoms with Gasteiger partial charge in [-0.05, 0) is 17.2 Å². The lowest BCUT2D eigenvalue weighted by atomic mass is 9.93. The number of guanidine groups is 1. The standard InChI is InChI=1S/C23H23FN4O4/c1-14(16-7-8-17(18(24)13-16)15-5-3-2-4-6-15)20-19(22(29)30)21(32-27-20)26-23(25)28-9-11-31-12-10-28/h2-8,13-14H,9-12H2,1H3,(H2,25,26)(H,29,30). The summed E-state index contributed by atoms with van der Waals surface area (Å²) in [7, 11) is 0. The summed E-state index contributed by atoms with van der Waals surface area (Å²) in [5.41, 5.74) is 7.77. The highest BCUT2D eigenvalue weighted by atomic mass is 19.1. The van der Waals surface area contributed by atoms with Crippen molar-refractivity contribution in [3.05, 3.63) is 71.2 Å². The van der Waals surface area contributed by atoms with Crippen LogP contribution in [0, 0.1) is 5.82 Å². The van der Waals surface area contributed by atoms with Crippen LogP contribution in [-0.2, 0) is 4.74 Å². The van der Waals surface area contributed by atoms with Crippen LogP contribution in [0.25, 0.3) is 11.1 Å². The number of nitrogens with two attached hydrogens (primary N) is 1. The molecule has 2 heterocycles. The first kappa shape index (κ1) is 21.5. The van der Waals surface area contributed by atoms with E-state index in [1.807, 2.05) is 30.3 Å². The first-order valence-corrected chi connectivity index (χ1v) is 10.2. The lowest BCUT2D eigenvalue weighted by Gasteiger charge is -2.27. The van der Waals surface area contributed by atoms with Crippen LogP contribution in [0.5, 0.6) is 0 Å². The molecule has 4 rings (SSSR count). The van der Waals surface area contributed by atoms with E-state index in [-0.39, 0.29) is 23.1 Å². The van der Waals surface area contributed by atoms with Gasteiger partial charge >= 0.3 is 5.97 Å². The van der Waals surface area contributed by atoms with E-state index in [1.54, 1.807) is 24.0 Å². The maximum Gasteiger partial charge on any atom is 0.343 e. The molecular weight excluding hydrogens is 415 g/mol. The Balaban J connectivity index is 1.65. The zero-order valence-corrected chi connectivity index (χ0v) is 17.5. The lowest BCUT2D eigenvalue weighted by Crippen LogP contribution is -2.44. The molecule has 166 valence electrons. The molecular formula is C23H23FN4O4. The van der Waals surface area contributed by atoms with Gasteiger partial charge in [-0.3, -0.25) is 0 Å². The summed E-state index contributed by atoms with van der Waals surface area (Å²) in [4.78, 5) is 17.9. The van der Waals surface area contributed by atoms with E-state index in [1.165, 1.54) is 6.07 Å². The maximum atomic E-state index is 14.8. The van der Waals surface area contributed by atoms with Crippen molar-refractivity contribution in [2.45, 2.75) is 12.8 Å². The second-order valence-electron chi connectivity index (χ2n) is 7.45. The van der Waals surface area contributed by atoms with E-state index in [9.17, 15) is 14.3 Å². The normalized spacial score (nSPS) is 15.6. The molecule has 0 spiro atoms. The van der Waals surface area contributed by atoms with Gasteiger partial charge in [0.15, 0.2) is 11.5 Å². The molecule has 1 aromatic heterocycles. The highest BCUT2D eigenvalue weighted by Crippen LogP contribution is 2.34. The Hall–Kier alpha value is -3.72. The Morgan fingerprint density at radius 1 is 1.22 bits per heavy atom. The molecule has 1 fully saturated rings. The average molecular weight is 438 g/mol. The van der Waals surface area contributed by atoms with Crippen LogP contribution in [0.2, 0.25) is 0 Å². The largest absolute Gasteiger partial charge is 0.477 e. The Morgan fingerprint density at radius 3 is 2.59 bits per heavy atom. The van der Waals surface area contributed by atoms with Gasteiger partial charge in [0.05, 0.1) is 13.2 Å². The summed E-state index contributed by atoms with van der Waals surface area (Å²) < 4.78 is 25.4. The molecule has 1 saturated heterocycles. The Bertz CT molecular complexity index is 1140. The van der Waals surface area contributed by atoms with E-state index in [2.05, 4.69) is 10.1 Å². The summed E-state index contributed by atoms with van der Waals surface area (Å²) in [5.74, 6) is -2.26. The monoisotopic (exact) mass is 438 g/mol. The molecule has 1 unspecified atom stereocenters. The van der Waals surface area contributed by atoms with Crippen molar-refractivity contribution in [3.8, 4) is 11.1 Å². The third-order valence-electron chi connectivity index (χ3n) is 5.45. The molecule has 8 nitrogen and oxygen atoms in total. The van der Waals surface area contributed by atoms with E-state index < -0.39 is 17.7 Å². The van der Waals surface area contributed by atoms with Gasteiger partial charge in [-0.1, -0.05) is 54.5 Å². The third kappa shape index (κ3) is 4.33. The number of carbonyl (C=O) groups is 1. The van der Waals surface area contributed by atoms with Crippen LogP contribution in [-0.4, -0.2) is 53.4 Å². The van der Waals surface area contributed by atoms with Crippen LogP contribution in [0.15, 0.2) is 58.0 Å². The molecule has 3 aromatic rings. The van der Waals surface area contributed by atoms with Crippen molar-refractivity contribution in [3.63, 3.8) is 0 Å². The third-order valence-corrected chi connectivity index (χ3v) is 5.45. The summed E-state index contributed by atoms with van der Waals surface area (Å²) in [6.45, 7) is 3.83. The summed E-state index contributed by atoms with van der Waals surface area (Å²) in [5, 5.41) is 13.7. The second kappa shape index (κ2) is 9.19. The molecule has 3 N–H and O–H groups in total. The fourth-order valence-electron chi connectivity index (χ4n) is 3.64. The Morgan fingerprint density at radius 2 is 1.94 bits per heavy atom. The van der Waals surface area contributed by atoms with Crippen molar-refractivity contribution in [2.24, 2.45) is 10.7 Å². The number of hydrogen-bond acceptors (Lipinski definition) is 5. The highest BCUT2D eigenvalue weighted by molar-refractivity contribution is 5.95. The number of rotatable bonds is 5. The fraction of sp³-hybridized carbons (Fsp3) is 0.261. The van der Waals surface area contributed by atoms with Gasteiger partial charge in [0.1, 0.15) is 11.5 Å². The van der Waals surface area contributed by atoms with Crippen molar-refractivity contribution < 1.29 is 23.6 Å². The molecule has 2 aromatic carbocycles. The number of nitrogens with zero attached hydrogens (tertiary/aromatic N) is 3. The van der Waals surface area contributed by atoms with Crippen LogP contribution < -0.4 is 5.73 Å². The van der Waals surface area contributed by atoms with Gasteiger partial charge in [0.2, 0.25) is 0 Å². The topological polar surface area (TPSA) is 114 Å². The van der Waals surface area contributed by atoms with Crippen LogP contribution in [0.3, 0.4) is 0 Å². The SMILES string of the molecule is CC(c1ccc(-c2ccccc2)c(F)c1)c1noc(/N=C(\N)N2CCOCC2)c1C(=O)O. The summed E-state index contributed by atoms with van der Waals surface area (Å²) in [6, 6.07) is 14.0. The molecule has 0 aliphatic carbocycles. The predicted octanol–water partition coefficient (Wildman–Crippen LogP) is 3.61. The minimum absolute atomic E-state index is 0.129. The Labute approximate surface area is 184 Å².